The minimum absolute atomic E-state index is 0.0167. The quantitative estimate of drug-likeness (QED) is 0.783. The Labute approximate surface area is 167 Å². The monoisotopic (exact) mass is 395 g/mol. The smallest absolute Gasteiger partial charge is 0.247 e. The molecule has 2 aliphatic rings. The van der Waals surface area contributed by atoms with Crippen LogP contribution in [0.25, 0.3) is 0 Å². The van der Waals surface area contributed by atoms with Crippen molar-refractivity contribution in [3.8, 4) is 0 Å². The van der Waals surface area contributed by atoms with Gasteiger partial charge in [-0.3, -0.25) is 14.4 Å². The Bertz CT molecular complexity index is 895. The van der Waals surface area contributed by atoms with E-state index in [0.717, 1.165) is 16.3 Å². The Kier molecular flexibility index (Phi) is 5.34. The van der Waals surface area contributed by atoms with Gasteiger partial charge in [0.2, 0.25) is 17.7 Å². The highest BCUT2D eigenvalue weighted by molar-refractivity contribution is 8.01. The second-order valence-corrected chi connectivity index (χ2v) is 8.09. The van der Waals surface area contributed by atoms with Crippen LogP contribution in [0.15, 0.2) is 59.5 Å². The average Bonchev–Trinajstić information content (AvgIpc) is 2.73. The predicted molar refractivity (Wildman–Crippen MR) is 109 cm³/mol. The van der Waals surface area contributed by atoms with E-state index in [2.05, 4.69) is 10.6 Å². The van der Waals surface area contributed by atoms with Gasteiger partial charge in [0.15, 0.2) is 5.25 Å². The van der Waals surface area contributed by atoms with Crippen LogP contribution in [0.5, 0.6) is 0 Å². The lowest BCUT2D eigenvalue weighted by atomic mass is 9.95. The number of carbonyl (C=O) groups excluding carboxylic acids is 3. The summed E-state index contributed by atoms with van der Waals surface area (Å²) in [6.45, 7) is 0.968. The normalized spacial score (nSPS) is 19.5. The highest BCUT2D eigenvalue weighted by Crippen LogP contribution is 2.36. The maximum absolute atomic E-state index is 12.9. The summed E-state index contributed by atoms with van der Waals surface area (Å²) in [5.74, 6) is -0.605. The number of likely N-dealkylation sites (tertiary alicyclic amines) is 1. The molecule has 3 amide bonds. The first-order chi connectivity index (χ1) is 13.6. The first-order valence-electron chi connectivity index (χ1n) is 9.33. The molecule has 1 fully saturated rings. The van der Waals surface area contributed by atoms with Crippen molar-refractivity contribution in [2.24, 2.45) is 5.92 Å². The number of benzene rings is 2. The van der Waals surface area contributed by atoms with Gasteiger partial charge < -0.3 is 15.5 Å². The number of nitrogens with one attached hydrogen (secondary N) is 2. The van der Waals surface area contributed by atoms with Crippen LogP contribution >= 0.6 is 11.8 Å². The lowest BCUT2D eigenvalue weighted by Gasteiger charge is -2.34. The topological polar surface area (TPSA) is 78.5 Å². The van der Waals surface area contributed by atoms with Crippen molar-refractivity contribution < 1.29 is 14.4 Å². The molecule has 28 heavy (non-hydrogen) atoms. The van der Waals surface area contributed by atoms with Crippen LogP contribution in [0.1, 0.15) is 12.8 Å². The SMILES string of the molecule is O=C(Nc1ccccc1)C1CCN(C(=O)C2Sc3ccccc3NC2=O)CC1. The molecule has 144 valence electrons. The summed E-state index contributed by atoms with van der Waals surface area (Å²) < 4.78 is 0. The first-order valence-corrected chi connectivity index (χ1v) is 10.2. The van der Waals surface area contributed by atoms with Crippen molar-refractivity contribution in [3.63, 3.8) is 0 Å². The van der Waals surface area contributed by atoms with Crippen molar-refractivity contribution in [1.82, 2.24) is 4.90 Å². The van der Waals surface area contributed by atoms with Crippen LogP contribution in [0.2, 0.25) is 0 Å². The number of carbonyl (C=O) groups is 3. The summed E-state index contributed by atoms with van der Waals surface area (Å²) in [4.78, 5) is 40.3. The predicted octanol–water partition coefficient (Wildman–Crippen LogP) is 2.98. The highest BCUT2D eigenvalue weighted by atomic mass is 32.2. The van der Waals surface area contributed by atoms with E-state index < -0.39 is 5.25 Å². The van der Waals surface area contributed by atoms with E-state index in [-0.39, 0.29) is 23.6 Å². The van der Waals surface area contributed by atoms with Crippen molar-refractivity contribution in [1.29, 1.82) is 0 Å². The lowest BCUT2D eigenvalue weighted by molar-refractivity contribution is -0.136. The molecule has 1 unspecified atom stereocenters. The zero-order valence-corrected chi connectivity index (χ0v) is 16.1. The van der Waals surface area contributed by atoms with Crippen LogP contribution in [-0.4, -0.2) is 41.0 Å². The fraction of sp³-hybridized carbons (Fsp3) is 0.286. The zero-order valence-electron chi connectivity index (χ0n) is 15.3. The number of hydrogen-bond donors (Lipinski definition) is 2. The van der Waals surface area contributed by atoms with E-state index in [1.165, 1.54) is 11.8 Å². The van der Waals surface area contributed by atoms with Gasteiger partial charge in [-0.15, -0.1) is 11.8 Å². The molecule has 0 saturated carbocycles. The number of piperidine rings is 1. The highest BCUT2D eigenvalue weighted by Gasteiger charge is 2.37. The number of nitrogens with zero attached hydrogens (tertiary/aromatic N) is 1. The molecule has 0 bridgehead atoms. The van der Waals surface area contributed by atoms with Gasteiger partial charge in [-0.25, -0.2) is 0 Å². The Morgan fingerprint density at radius 2 is 1.68 bits per heavy atom. The fourth-order valence-electron chi connectivity index (χ4n) is 3.51. The number of hydrogen-bond acceptors (Lipinski definition) is 4. The molecule has 0 spiro atoms. The number of amides is 3. The molecular weight excluding hydrogens is 374 g/mol. The van der Waals surface area contributed by atoms with Gasteiger partial charge in [-0.2, -0.15) is 0 Å². The van der Waals surface area contributed by atoms with Gasteiger partial charge in [-0.1, -0.05) is 30.3 Å². The van der Waals surface area contributed by atoms with Crippen molar-refractivity contribution in [3.05, 3.63) is 54.6 Å². The third kappa shape index (κ3) is 3.89. The lowest BCUT2D eigenvalue weighted by Crippen LogP contribution is -2.48. The summed E-state index contributed by atoms with van der Waals surface area (Å²) in [5.41, 5.74) is 1.53. The second kappa shape index (κ2) is 8.06. The minimum Gasteiger partial charge on any atom is -0.341 e. The van der Waals surface area contributed by atoms with Crippen molar-refractivity contribution >= 4 is 40.9 Å². The van der Waals surface area contributed by atoms with Gasteiger partial charge in [0.25, 0.3) is 0 Å². The van der Waals surface area contributed by atoms with E-state index >= 15 is 0 Å². The summed E-state index contributed by atoms with van der Waals surface area (Å²) in [7, 11) is 0. The van der Waals surface area contributed by atoms with Crippen molar-refractivity contribution in [2.45, 2.75) is 23.0 Å². The molecule has 0 aromatic heterocycles. The molecule has 0 aliphatic carbocycles. The number of thioether (sulfide) groups is 1. The average molecular weight is 395 g/mol. The van der Waals surface area contributed by atoms with Gasteiger partial charge in [0.1, 0.15) is 0 Å². The summed E-state index contributed by atoms with van der Waals surface area (Å²) in [6.07, 6.45) is 1.19. The fourth-order valence-corrected chi connectivity index (χ4v) is 4.58. The zero-order chi connectivity index (χ0) is 19.5. The van der Waals surface area contributed by atoms with Crippen LogP contribution in [0, 0.1) is 5.92 Å². The molecule has 1 saturated heterocycles. The maximum Gasteiger partial charge on any atom is 0.247 e. The molecule has 2 aliphatic heterocycles. The van der Waals surface area contributed by atoms with E-state index in [9.17, 15) is 14.4 Å². The maximum atomic E-state index is 12.9. The summed E-state index contributed by atoms with van der Waals surface area (Å²) in [6, 6.07) is 16.8. The van der Waals surface area contributed by atoms with E-state index in [4.69, 9.17) is 0 Å². The minimum atomic E-state index is -0.774. The van der Waals surface area contributed by atoms with E-state index in [1.807, 2.05) is 54.6 Å². The largest absolute Gasteiger partial charge is 0.341 e. The Hall–Kier alpha value is -2.80. The number of para-hydroxylation sites is 2. The van der Waals surface area contributed by atoms with E-state index in [1.54, 1.807) is 4.90 Å². The second-order valence-electron chi connectivity index (χ2n) is 6.94. The molecule has 2 aromatic carbocycles. The van der Waals surface area contributed by atoms with Gasteiger partial charge in [-0.05, 0) is 37.1 Å². The Morgan fingerprint density at radius 3 is 2.43 bits per heavy atom. The third-order valence-corrected chi connectivity index (χ3v) is 6.33. The van der Waals surface area contributed by atoms with Gasteiger partial charge >= 0.3 is 0 Å². The van der Waals surface area contributed by atoms with Gasteiger partial charge in [0.05, 0.1) is 5.69 Å². The van der Waals surface area contributed by atoms with Crippen molar-refractivity contribution in [2.75, 3.05) is 23.7 Å². The molecule has 1 atom stereocenters. The molecular formula is C21H21N3O3S. The number of fused-ring (bicyclic) bond motifs is 1. The Balaban J connectivity index is 1.34. The summed E-state index contributed by atoms with van der Waals surface area (Å²) in [5, 5.41) is 4.97. The third-order valence-electron chi connectivity index (χ3n) is 5.07. The molecule has 6 nitrogen and oxygen atoms in total. The first kappa shape index (κ1) is 18.6. The van der Waals surface area contributed by atoms with Crippen LogP contribution in [0.3, 0.4) is 0 Å². The standard InChI is InChI=1S/C21H21N3O3S/c25-19(22-15-6-2-1-3-7-15)14-10-12-24(13-11-14)21(27)18-20(26)23-16-8-4-5-9-17(16)28-18/h1-9,14,18H,10-13H2,(H,22,25)(H,23,26). The van der Waals surface area contributed by atoms with E-state index in [0.29, 0.717) is 25.9 Å². The van der Waals surface area contributed by atoms with Gasteiger partial charge in [0, 0.05) is 29.6 Å². The molecule has 7 heteroatoms. The Morgan fingerprint density at radius 1 is 1.00 bits per heavy atom. The van der Waals surface area contributed by atoms with Crippen LogP contribution < -0.4 is 10.6 Å². The summed E-state index contributed by atoms with van der Waals surface area (Å²) >= 11 is 1.29. The molecule has 0 radical (unpaired) electrons. The van der Waals surface area contributed by atoms with Crippen LogP contribution in [-0.2, 0) is 14.4 Å². The molecule has 4 rings (SSSR count). The molecule has 2 heterocycles. The van der Waals surface area contributed by atoms with Crippen LogP contribution in [0.4, 0.5) is 11.4 Å². The number of anilines is 2. The number of rotatable bonds is 3. The molecule has 2 aromatic rings. The molecule has 2 N–H and O–H groups in total.